The van der Waals surface area contributed by atoms with Crippen LogP contribution in [-0.4, -0.2) is 23.3 Å². The van der Waals surface area contributed by atoms with Gasteiger partial charge in [0.05, 0.1) is 12.5 Å². The predicted molar refractivity (Wildman–Crippen MR) is 35.4 cm³/mol. The van der Waals surface area contributed by atoms with Crippen LogP contribution in [0, 0.1) is 5.92 Å². The van der Waals surface area contributed by atoms with Crippen LogP contribution in [0.4, 0.5) is 0 Å². The monoisotopic (exact) mass is 144 g/mol. The highest BCUT2D eigenvalue weighted by Crippen LogP contribution is 2.29. The number of ether oxygens (including phenoxy) is 1. The predicted octanol–water partition coefficient (Wildman–Crippen LogP) is 0.320. The molecule has 1 unspecified atom stereocenters. The molecule has 0 aliphatic carbocycles. The van der Waals surface area contributed by atoms with Gasteiger partial charge in [-0.15, -0.1) is 0 Å². The summed E-state index contributed by atoms with van der Waals surface area (Å²) in [6, 6.07) is 0. The number of aliphatic hydroxyl groups is 1. The Morgan fingerprint density at radius 1 is 1.80 bits per heavy atom. The minimum Gasteiger partial charge on any atom is -0.459 e. The van der Waals surface area contributed by atoms with Gasteiger partial charge in [-0.1, -0.05) is 0 Å². The van der Waals surface area contributed by atoms with Crippen LogP contribution in [0.3, 0.4) is 0 Å². The summed E-state index contributed by atoms with van der Waals surface area (Å²) in [6.07, 6.45) is 0.627. The molecule has 0 spiro atoms. The van der Waals surface area contributed by atoms with Crippen molar-refractivity contribution in [3.05, 3.63) is 0 Å². The molecule has 3 heteroatoms. The van der Waals surface area contributed by atoms with Gasteiger partial charge < -0.3 is 9.84 Å². The van der Waals surface area contributed by atoms with Crippen LogP contribution in [-0.2, 0) is 9.53 Å². The van der Waals surface area contributed by atoms with Crippen LogP contribution in [0.2, 0.25) is 0 Å². The van der Waals surface area contributed by atoms with Gasteiger partial charge in [0, 0.05) is 6.42 Å². The Labute approximate surface area is 60.0 Å². The quantitative estimate of drug-likeness (QED) is 0.539. The van der Waals surface area contributed by atoms with E-state index < -0.39 is 0 Å². The Morgan fingerprint density at radius 3 is 2.60 bits per heavy atom. The first-order chi connectivity index (χ1) is 4.55. The van der Waals surface area contributed by atoms with Crippen LogP contribution < -0.4 is 0 Å². The summed E-state index contributed by atoms with van der Waals surface area (Å²) in [5, 5.41) is 8.67. The third kappa shape index (κ3) is 1.29. The van der Waals surface area contributed by atoms with Crippen molar-refractivity contribution in [2.24, 2.45) is 5.92 Å². The molecular weight excluding hydrogens is 132 g/mol. The highest BCUT2D eigenvalue weighted by atomic mass is 16.6. The van der Waals surface area contributed by atoms with Crippen molar-refractivity contribution in [1.82, 2.24) is 0 Å². The molecule has 1 fully saturated rings. The Kier molecular flexibility index (Phi) is 1.68. The topological polar surface area (TPSA) is 46.5 Å². The van der Waals surface area contributed by atoms with Crippen molar-refractivity contribution in [1.29, 1.82) is 0 Å². The first-order valence-electron chi connectivity index (χ1n) is 3.39. The number of carbonyl (C=O) groups excluding carboxylic acids is 1. The lowest BCUT2D eigenvalue weighted by Crippen LogP contribution is -2.17. The fourth-order valence-corrected chi connectivity index (χ4v) is 1.21. The number of cyclic esters (lactones) is 1. The lowest BCUT2D eigenvalue weighted by atomic mass is 9.98. The maximum absolute atomic E-state index is 10.8. The van der Waals surface area contributed by atoms with Gasteiger partial charge in [-0.05, 0) is 13.8 Å². The Bertz CT molecular complexity index is 151. The summed E-state index contributed by atoms with van der Waals surface area (Å²) in [5.74, 6) is -0.567. The van der Waals surface area contributed by atoms with Crippen molar-refractivity contribution >= 4 is 5.97 Å². The zero-order chi connectivity index (χ0) is 7.78. The molecule has 3 nitrogen and oxygen atoms in total. The van der Waals surface area contributed by atoms with Gasteiger partial charge in [0.1, 0.15) is 5.60 Å². The summed E-state index contributed by atoms with van der Waals surface area (Å²) in [5.41, 5.74) is -0.371. The average Bonchev–Trinajstić information content (AvgIpc) is 2.05. The fraction of sp³-hybridized carbons (Fsp3) is 0.857. The number of carbonyl (C=O) groups is 1. The van der Waals surface area contributed by atoms with Crippen molar-refractivity contribution < 1.29 is 14.6 Å². The van der Waals surface area contributed by atoms with Crippen LogP contribution >= 0.6 is 0 Å². The van der Waals surface area contributed by atoms with Crippen LogP contribution in [0.15, 0.2) is 0 Å². The van der Waals surface area contributed by atoms with Gasteiger partial charge in [-0.2, -0.15) is 0 Å². The third-order valence-corrected chi connectivity index (χ3v) is 1.67. The van der Waals surface area contributed by atoms with E-state index in [1.165, 1.54) is 0 Å². The molecule has 0 bridgehead atoms. The second-order valence-electron chi connectivity index (χ2n) is 3.26. The smallest absolute Gasteiger partial charge is 0.311 e. The van der Waals surface area contributed by atoms with E-state index in [0.717, 1.165) is 0 Å². The van der Waals surface area contributed by atoms with Crippen LogP contribution in [0.25, 0.3) is 0 Å². The molecule has 0 aromatic rings. The number of esters is 1. The van der Waals surface area contributed by atoms with Crippen molar-refractivity contribution in [3.63, 3.8) is 0 Å². The summed E-state index contributed by atoms with van der Waals surface area (Å²) < 4.78 is 4.95. The van der Waals surface area contributed by atoms with E-state index in [0.29, 0.717) is 6.42 Å². The fourth-order valence-electron chi connectivity index (χ4n) is 1.21. The second kappa shape index (κ2) is 2.23. The lowest BCUT2D eigenvalue weighted by molar-refractivity contribution is -0.149. The standard InChI is InChI=1S/C7H12O3/c1-7(2)3-5(4-8)6(9)10-7/h5,8H,3-4H2,1-2H3. The lowest BCUT2D eigenvalue weighted by Gasteiger charge is -2.14. The van der Waals surface area contributed by atoms with Gasteiger partial charge in [-0.3, -0.25) is 4.79 Å². The van der Waals surface area contributed by atoms with Crippen molar-refractivity contribution in [3.8, 4) is 0 Å². The molecule has 58 valence electrons. The highest BCUT2D eigenvalue weighted by Gasteiger charge is 2.39. The van der Waals surface area contributed by atoms with Crippen LogP contribution in [0.1, 0.15) is 20.3 Å². The largest absolute Gasteiger partial charge is 0.459 e. The normalized spacial score (nSPS) is 30.3. The maximum atomic E-state index is 10.8. The average molecular weight is 144 g/mol. The third-order valence-electron chi connectivity index (χ3n) is 1.67. The molecule has 0 saturated carbocycles. The molecule has 1 atom stereocenters. The Hall–Kier alpha value is -0.570. The highest BCUT2D eigenvalue weighted by molar-refractivity contribution is 5.75. The van der Waals surface area contributed by atoms with E-state index in [-0.39, 0.29) is 24.1 Å². The first-order valence-corrected chi connectivity index (χ1v) is 3.39. The SMILES string of the molecule is CC1(C)CC(CO)C(=O)O1. The minimum absolute atomic E-state index is 0.0950. The summed E-state index contributed by atoms with van der Waals surface area (Å²) >= 11 is 0. The molecular formula is C7H12O3. The van der Waals surface area contributed by atoms with Gasteiger partial charge in [0.2, 0.25) is 0 Å². The van der Waals surface area contributed by atoms with Crippen molar-refractivity contribution in [2.45, 2.75) is 25.9 Å². The van der Waals surface area contributed by atoms with Crippen LogP contribution in [0.5, 0.6) is 0 Å². The number of aliphatic hydroxyl groups excluding tert-OH is 1. The zero-order valence-electron chi connectivity index (χ0n) is 6.26. The van der Waals surface area contributed by atoms with Gasteiger partial charge in [0.25, 0.3) is 0 Å². The summed E-state index contributed by atoms with van der Waals surface area (Å²) in [6.45, 7) is 3.60. The summed E-state index contributed by atoms with van der Waals surface area (Å²) in [7, 11) is 0. The molecule has 0 amide bonds. The molecule has 1 N–H and O–H groups in total. The maximum Gasteiger partial charge on any atom is 0.311 e. The summed E-state index contributed by atoms with van der Waals surface area (Å²) in [4.78, 5) is 10.8. The first kappa shape index (κ1) is 7.54. The molecule has 1 aliphatic heterocycles. The Morgan fingerprint density at radius 2 is 2.40 bits per heavy atom. The zero-order valence-corrected chi connectivity index (χ0v) is 6.26. The van der Waals surface area contributed by atoms with Crippen molar-refractivity contribution in [2.75, 3.05) is 6.61 Å². The molecule has 0 radical (unpaired) electrons. The Balaban J connectivity index is 2.61. The molecule has 0 aromatic carbocycles. The number of hydrogen-bond acceptors (Lipinski definition) is 3. The van der Waals surface area contributed by atoms with Gasteiger partial charge in [-0.25, -0.2) is 0 Å². The molecule has 1 rings (SSSR count). The molecule has 1 aliphatic rings. The van der Waals surface area contributed by atoms with Gasteiger partial charge in [0.15, 0.2) is 0 Å². The van der Waals surface area contributed by atoms with E-state index in [2.05, 4.69) is 0 Å². The van der Waals surface area contributed by atoms with E-state index >= 15 is 0 Å². The van der Waals surface area contributed by atoms with E-state index in [1.54, 1.807) is 0 Å². The number of rotatable bonds is 1. The molecule has 10 heavy (non-hydrogen) atoms. The van der Waals surface area contributed by atoms with Gasteiger partial charge >= 0.3 is 5.97 Å². The molecule has 0 aromatic heterocycles. The minimum atomic E-state index is -0.371. The number of hydrogen-bond donors (Lipinski definition) is 1. The molecule has 1 heterocycles. The second-order valence-corrected chi connectivity index (χ2v) is 3.26. The van der Waals surface area contributed by atoms with E-state index in [1.807, 2.05) is 13.8 Å². The molecule has 1 saturated heterocycles. The van der Waals surface area contributed by atoms with E-state index in [4.69, 9.17) is 9.84 Å². The van der Waals surface area contributed by atoms with E-state index in [9.17, 15) is 4.79 Å².